The van der Waals surface area contributed by atoms with Crippen LogP contribution in [0.3, 0.4) is 0 Å². The van der Waals surface area contributed by atoms with Crippen molar-refractivity contribution in [3.05, 3.63) is 83.8 Å². The highest BCUT2D eigenvalue weighted by Crippen LogP contribution is 2.21. The van der Waals surface area contributed by atoms with Gasteiger partial charge in [0, 0.05) is 36.7 Å². The van der Waals surface area contributed by atoms with Gasteiger partial charge in [-0.15, -0.1) is 12.4 Å². The van der Waals surface area contributed by atoms with Gasteiger partial charge in [-0.1, -0.05) is 18.2 Å². The molecule has 198 valence electrons. The lowest BCUT2D eigenvalue weighted by molar-refractivity contribution is -0.142. The Morgan fingerprint density at radius 2 is 1.82 bits per heavy atom. The van der Waals surface area contributed by atoms with Gasteiger partial charge in [0.1, 0.15) is 17.2 Å². The van der Waals surface area contributed by atoms with E-state index < -0.39 is 0 Å². The molecule has 4 rings (SSSR count). The number of nitrogens with zero attached hydrogens (tertiary/aromatic N) is 4. The average molecular weight is 536 g/mol. The van der Waals surface area contributed by atoms with Gasteiger partial charge in [0.05, 0.1) is 25.1 Å². The lowest BCUT2D eigenvalue weighted by Crippen LogP contribution is -2.33. The summed E-state index contributed by atoms with van der Waals surface area (Å²) in [7, 11) is 1.87. The number of hydrogen-bond acceptors (Lipinski definition) is 7. The van der Waals surface area contributed by atoms with Crippen molar-refractivity contribution in [1.29, 1.82) is 5.41 Å². The van der Waals surface area contributed by atoms with Crippen LogP contribution in [0, 0.1) is 5.41 Å². The predicted molar refractivity (Wildman–Crippen MR) is 150 cm³/mol. The van der Waals surface area contributed by atoms with Gasteiger partial charge in [0.15, 0.2) is 5.65 Å². The molecular weight excluding hydrogens is 506 g/mol. The standard InChI is InChI=1S/C27H29N7O3.ClH/c1-3-37-24(35)13-14-34(21-7-5-4-6-8-21)27(36)19-15-22-26(31-16-19)33(2)23(32-22)17-30-20-11-9-18(10-12-20)25(28)29;/h4-12,15-16,30H,3,13-14,17H2,1-2H3,(H3,28,29);1H. The van der Waals surface area contributed by atoms with Crippen molar-refractivity contribution in [3.8, 4) is 0 Å². The van der Waals surface area contributed by atoms with E-state index in [1.165, 1.54) is 6.20 Å². The largest absolute Gasteiger partial charge is 0.466 e. The van der Waals surface area contributed by atoms with Gasteiger partial charge in [-0.2, -0.15) is 0 Å². The maximum atomic E-state index is 13.5. The Morgan fingerprint density at radius 3 is 2.47 bits per heavy atom. The van der Waals surface area contributed by atoms with Crippen LogP contribution in [0.4, 0.5) is 11.4 Å². The van der Waals surface area contributed by atoms with E-state index in [1.807, 2.05) is 54.1 Å². The zero-order valence-electron chi connectivity index (χ0n) is 21.2. The molecule has 0 spiro atoms. The van der Waals surface area contributed by atoms with E-state index in [0.29, 0.717) is 41.1 Å². The Balaban J connectivity index is 0.00000400. The highest BCUT2D eigenvalue weighted by atomic mass is 35.5. The van der Waals surface area contributed by atoms with Gasteiger partial charge < -0.3 is 25.3 Å². The SMILES string of the molecule is CCOC(=O)CCN(C(=O)c1cnc2c(c1)nc(CNc1ccc(C(=N)N)cc1)n2C)c1ccccc1.Cl. The number of nitrogen functional groups attached to an aromatic ring is 1. The van der Waals surface area contributed by atoms with Crippen molar-refractivity contribution >= 4 is 52.7 Å². The van der Waals surface area contributed by atoms with E-state index in [9.17, 15) is 9.59 Å². The van der Waals surface area contributed by atoms with Gasteiger partial charge in [-0.3, -0.25) is 15.0 Å². The third kappa shape index (κ3) is 6.46. The Morgan fingerprint density at radius 1 is 1.11 bits per heavy atom. The van der Waals surface area contributed by atoms with Gasteiger partial charge in [0.25, 0.3) is 5.91 Å². The monoisotopic (exact) mass is 535 g/mol. The highest BCUT2D eigenvalue weighted by molar-refractivity contribution is 6.07. The number of pyridine rings is 1. The van der Waals surface area contributed by atoms with Crippen molar-refractivity contribution in [1.82, 2.24) is 14.5 Å². The summed E-state index contributed by atoms with van der Waals surface area (Å²) in [6.07, 6.45) is 1.61. The third-order valence-electron chi connectivity index (χ3n) is 5.85. The molecule has 11 heteroatoms. The molecule has 2 aromatic carbocycles. The number of amides is 1. The van der Waals surface area contributed by atoms with Gasteiger partial charge in [-0.25, -0.2) is 9.97 Å². The minimum absolute atomic E-state index is 0. The molecule has 0 aliphatic carbocycles. The fourth-order valence-corrected chi connectivity index (χ4v) is 3.89. The minimum Gasteiger partial charge on any atom is -0.466 e. The van der Waals surface area contributed by atoms with Crippen molar-refractivity contribution in [3.63, 3.8) is 0 Å². The molecule has 0 saturated carbocycles. The van der Waals surface area contributed by atoms with E-state index >= 15 is 0 Å². The summed E-state index contributed by atoms with van der Waals surface area (Å²) in [6, 6.07) is 18.2. The number of carbonyl (C=O) groups excluding carboxylic acids is 2. The summed E-state index contributed by atoms with van der Waals surface area (Å²) in [4.78, 5) is 36.2. The Kier molecular flexibility index (Phi) is 9.39. The Bertz CT molecular complexity index is 1420. The number of hydrogen-bond donors (Lipinski definition) is 3. The first-order valence-corrected chi connectivity index (χ1v) is 11.9. The topological polar surface area (TPSA) is 139 Å². The van der Waals surface area contributed by atoms with Crippen LogP contribution in [0.1, 0.15) is 35.1 Å². The second-order valence-corrected chi connectivity index (χ2v) is 8.35. The van der Waals surface area contributed by atoms with Crippen LogP contribution >= 0.6 is 12.4 Å². The van der Waals surface area contributed by atoms with E-state index in [0.717, 1.165) is 11.5 Å². The number of imidazole rings is 1. The first-order chi connectivity index (χ1) is 17.9. The Labute approximate surface area is 226 Å². The minimum atomic E-state index is -0.359. The highest BCUT2D eigenvalue weighted by Gasteiger charge is 2.21. The summed E-state index contributed by atoms with van der Waals surface area (Å²) in [5.74, 6) is 0.124. The van der Waals surface area contributed by atoms with E-state index in [2.05, 4.69) is 15.3 Å². The number of benzene rings is 2. The van der Waals surface area contributed by atoms with Crippen molar-refractivity contribution in [2.75, 3.05) is 23.4 Å². The second-order valence-electron chi connectivity index (χ2n) is 8.35. The van der Waals surface area contributed by atoms with Crippen LogP contribution in [0.25, 0.3) is 11.2 Å². The second kappa shape index (κ2) is 12.7. The molecule has 4 aromatic rings. The van der Waals surface area contributed by atoms with Gasteiger partial charge in [0.2, 0.25) is 0 Å². The lowest BCUT2D eigenvalue weighted by Gasteiger charge is -2.22. The number of halogens is 1. The molecule has 0 fully saturated rings. The van der Waals surface area contributed by atoms with Gasteiger partial charge in [-0.05, 0) is 49.4 Å². The summed E-state index contributed by atoms with van der Waals surface area (Å²) >= 11 is 0. The Hall–Kier alpha value is -4.44. The third-order valence-corrected chi connectivity index (χ3v) is 5.85. The van der Waals surface area contributed by atoms with Crippen molar-refractivity contribution in [2.45, 2.75) is 19.9 Å². The van der Waals surface area contributed by atoms with Crippen LogP contribution in [-0.2, 0) is 23.1 Å². The first-order valence-electron chi connectivity index (χ1n) is 11.9. The summed E-state index contributed by atoms with van der Waals surface area (Å²) < 4.78 is 6.91. The zero-order valence-corrected chi connectivity index (χ0v) is 22.0. The molecule has 0 aliphatic heterocycles. The average Bonchev–Trinajstić information content (AvgIpc) is 3.23. The van der Waals surface area contributed by atoms with E-state index in [4.69, 9.17) is 15.9 Å². The molecular formula is C27H30ClN7O3. The molecule has 10 nitrogen and oxygen atoms in total. The van der Waals surface area contributed by atoms with Crippen LogP contribution in [0.15, 0.2) is 66.9 Å². The van der Waals surface area contributed by atoms with E-state index in [1.54, 1.807) is 30.0 Å². The van der Waals surface area contributed by atoms with Crippen LogP contribution in [0.5, 0.6) is 0 Å². The molecule has 0 saturated heterocycles. The normalized spacial score (nSPS) is 10.5. The fourth-order valence-electron chi connectivity index (χ4n) is 3.89. The summed E-state index contributed by atoms with van der Waals surface area (Å²) in [5.41, 5.74) is 9.33. The number of amidine groups is 1. The van der Waals surface area contributed by atoms with Crippen molar-refractivity contribution in [2.24, 2.45) is 12.8 Å². The molecule has 2 aromatic heterocycles. The van der Waals surface area contributed by atoms with Gasteiger partial charge >= 0.3 is 5.97 Å². The molecule has 2 heterocycles. The molecule has 1 amide bonds. The van der Waals surface area contributed by atoms with E-state index in [-0.39, 0.29) is 43.1 Å². The summed E-state index contributed by atoms with van der Waals surface area (Å²) in [6.45, 7) is 2.66. The van der Waals surface area contributed by atoms with Crippen LogP contribution < -0.4 is 16.0 Å². The predicted octanol–water partition coefficient (Wildman–Crippen LogP) is 3.89. The van der Waals surface area contributed by atoms with Crippen LogP contribution in [0.2, 0.25) is 0 Å². The fraction of sp³-hybridized carbons (Fsp3) is 0.222. The number of nitrogens with two attached hydrogens (primary N) is 1. The number of fused-ring (bicyclic) bond motifs is 1. The number of ether oxygens (including phenoxy) is 1. The molecule has 0 atom stereocenters. The maximum Gasteiger partial charge on any atom is 0.307 e. The lowest BCUT2D eigenvalue weighted by atomic mass is 10.2. The smallest absolute Gasteiger partial charge is 0.307 e. The molecule has 0 radical (unpaired) electrons. The molecule has 0 bridgehead atoms. The number of nitrogens with one attached hydrogen (secondary N) is 2. The number of anilines is 2. The van der Waals surface area contributed by atoms with Crippen molar-refractivity contribution < 1.29 is 14.3 Å². The number of esters is 1. The number of aromatic nitrogens is 3. The quantitative estimate of drug-likeness (QED) is 0.159. The first kappa shape index (κ1) is 28.1. The maximum absolute atomic E-state index is 13.5. The zero-order chi connectivity index (χ0) is 26.4. The molecule has 4 N–H and O–H groups in total. The molecule has 38 heavy (non-hydrogen) atoms. The summed E-state index contributed by atoms with van der Waals surface area (Å²) in [5, 5.41) is 10.8. The number of carbonyl (C=O) groups is 2. The number of para-hydroxylation sites is 1. The van der Waals surface area contributed by atoms with Crippen LogP contribution in [-0.4, -0.2) is 45.4 Å². The number of rotatable bonds is 10. The molecule has 0 aliphatic rings. The molecule has 0 unspecified atom stereocenters. The number of aryl methyl sites for hydroxylation is 1.